The average molecular weight is 538 g/mol. The molecule has 10 nitrogen and oxygen atoms in total. The molecule has 10 atom stereocenters. The van der Waals surface area contributed by atoms with E-state index in [1.165, 1.54) is 0 Å². The number of carbonyl (C=O) groups is 2. The third-order valence-electron chi connectivity index (χ3n) is 9.14. The molecule has 4 fully saturated rings. The molecule has 4 aliphatic rings. The Morgan fingerprint density at radius 1 is 1.32 bits per heavy atom. The molecule has 0 aromatic carbocycles. The van der Waals surface area contributed by atoms with Crippen molar-refractivity contribution in [2.75, 3.05) is 26.2 Å². The molecule has 0 aromatic rings. The van der Waals surface area contributed by atoms with Crippen LogP contribution in [0.3, 0.4) is 0 Å². The topological polar surface area (TPSA) is 152 Å². The van der Waals surface area contributed by atoms with Gasteiger partial charge in [0, 0.05) is 30.9 Å². The Bertz CT molecular complexity index is 861. The van der Waals surface area contributed by atoms with Gasteiger partial charge in [-0.2, -0.15) is 0 Å². The Hall–Kier alpha value is -1.40. The van der Waals surface area contributed by atoms with Crippen molar-refractivity contribution in [3.8, 4) is 0 Å². The minimum Gasteiger partial charge on any atom is -0.456 e. The van der Waals surface area contributed by atoms with Gasteiger partial charge in [0.1, 0.15) is 17.5 Å². The van der Waals surface area contributed by atoms with Crippen LogP contribution in [0.2, 0.25) is 0 Å². The van der Waals surface area contributed by atoms with Crippen LogP contribution in [0.1, 0.15) is 65.7 Å². The number of Topliss-reactive ketones (excluding diaryl/α,β-unsaturated/α-hetero) is 1. The van der Waals surface area contributed by atoms with Gasteiger partial charge in [-0.3, -0.25) is 4.79 Å². The number of carbonyl (C=O) groups excluding carboxylic acids is 2. The Labute approximate surface area is 226 Å². The predicted octanol–water partition coefficient (Wildman–Crippen LogP) is 0.782. The number of aliphatic hydroxyl groups is 2. The number of nitrogens with one attached hydrogen (secondary N) is 2. The first-order valence-corrected chi connectivity index (χ1v) is 14.4. The van der Waals surface area contributed by atoms with Crippen LogP contribution < -0.4 is 16.4 Å². The van der Waals surface area contributed by atoms with Gasteiger partial charge in [0.25, 0.3) is 0 Å². The molecule has 3 aliphatic heterocycles. The fraction of sp³-hybridized carbons (Fsp3) is 0.857. The van der Waals surface area contributed by atoms with E-state index >= 15 is 0 Å². The lowest BCUT2D eigenvalue weighted by molar-refractivity contribution is -0.264. The quantitative estimate of drug-likeness (QED) is 0.211. The van der Waals surface area contributed by atoms with Gasteiger partial charge in [0.2, 0.25) is 0 Å². The Morgan fingerprint density at radius 2 is 2.11 bits per heavy atom. The van der Waals surface area contributed by atoms with Crippen LogP contribution in [-0.4, -0.2) is 90.5 Å². The molecule has 0 spiro atoms. The molecule has 0 amide bonds. The molecular formula is C28H47N3O7. The summed E-state index contributed by atoms with van der Waals surface area (Å²) in [4.78, 5) is 26.1. The number of esters is 1. The SMILES string of the molecule is CC=C(CNCC)C(=O)OC1CC2C(CC3OC(CO)CC(=O)C3C2O)OC1(C)CCC1CCC(N)NC1. The second-order valence-electron chi connectivity index (χ2n) is 11.8. The highest BCUT2D eigenvalue weighted by atomic mass is 16.6. The first-order chi connectivity index (χ1) is 18.2. The van der Waals surface area contributed by atoms with Crippen molar-refractivity contribution in [1.29, 1.82) is 0 Å². The Morgan fingerprint density at radius 3 is 2.76 bits per heavy atom. The molecule has 0 bridgehead atoms. The summed E-state index contributed by atoms with van der Waals surface area (Å²) >= 11 is 0. The summed E-state index contributed by atoms with van der Waals surface area (Å²) in [5.74, 6) is -1.02. The number of ketones is 1. The van der Waals surface area contributed by atoms with Crippen LogP contribution >= 0.6 is 0 Å². The second-order valence-corrected chi connectivity index (χ2v) is 11.8. The average Bonchev–Trinajstić information content (AvgIpc) is 2.89. The number of hydrogen-bond acceptors (Lipinski definition) is 10. The first-order valence-electron chi connectivity index (χ1n) is 14.4. The van der Waals surface area contributed by atoms with Crippen molar-refractivity contribution in [2.24, 2.45) is 23.5 Å². The predicted molar refractivity (Wildman–Crippen MR) is 141 cm³/mol. The maximum Gasteiger partial charge on any atom is 0.335 e. The molecule has 0 radical (unpaired) electrons. The van der Waals surface area contributed by atoms with E-state index in [4.69, 9.17) is 19.9 Å². The number of rotatable bonds is 9. The van der Waals surface area contributed by atoms with E-state index < -0.39 is 35.9 Å². The number of fused-ring (bicyclic) bond motifs is 2. The summed E-state index contributed by atoms with van der Waals surface area (Å²) in [7, 11) is 0. The van der Waals surface area contributed by atoms with E-state index in [2.05, 4.69) is 10.6 Å². The molecule has 10 unspecified atom stereocenters. The summed E-state index contributed by atoms with van der Waals surface area (Å²) in [5.41, 5.74) is 5.80. The summed E-state index contributed by atoms with van der Waals surface area (Å²) in [5, 5.41) is 27.5. The normalized spacial score (nSPS) is 41.8. The van der Waals surface area contributed by atoms with E-state index in [-0.39, 0.29) is 43.0 Å². The molecule has 3 saturated heterocycles. The van der Waals surface area contributed by atoms with Crippen molar-refractivity contribution in [3.63, 3.8) is 0 Å². The monoisotopic (exact) mass is 537 g/mol. The van der Waals surface area contributed by atoms with E-state index in [0.29, 0.717) is 37.3 Å². The fourth-order valence-electron chi connectivity index (χ4n) is 6.73. The molecule has 10 heteroatoms. The van der Waals surface area contributed by atoms with Gasteiger partial charge in [-0.25, -0.2) is 4.79 Å². The van der Waals surface area contributed by atoms with Crippen LogP contribution in [0.25, 0.3) is 0 Å². The standard InChI is InChI=1S/C28H47N3O7/c1-4-17(14-30-5-2)27(35)37-23-11-19-21(12-22-25(26(19)34)20(33)10-18(15-32)36-22)38-28(23,3)9-8-16-6-7-24(29)31-13-16/h4,16,18-19,21-26,30-32,34H,5-15,29H2,1-3H3. The zero-order valence-electron chi connectivity index (χ0n) is 23.1. The lowest BCUT2D eigenvalue weighted by Crippen LogP contribution is -2.64. The van der Waals surface area contributed by atoms with Crippen LogP contribution in [0.4, 0.5) is 0 Å². The highest BCUT2D eigenvalue weighted by Gasteiger charge is 2.57. The largest absolute Gasteiger partial charge is 0.456 e. The highest BCUT2D eigenvalue weighted by molar-refractivity contribution is 5.89. The van der Waals surface area contributed by atoms with Gasteiger partial charge >= 0.3 is 5.97 Å². The third-order valence-corrected chi connectivity index (χ3v) is 9.14. The molecule has 3 heterocycles. The van der Waals surface area contributed by atoms with Gasteiger partial charge < -0.3 is 40.8 Å². The summed E-state index contributed by atoms with van der Waals surface area (Å²) in [6, 6.07) is 0. The molecule has 38 heavy (non-hydrogen) atoms. The van der Waals surface area contributed by atoms with Gasteiger partial charge in [-0.15, -0.1) is 0 Å². The third kappa shape index (κ3) is 6.49. The summed E-state index contributed by atoms with van der Waals surface area (Å²) in [6.45, 7) is 7.58. The highest BCUT2D eigenvalue weighted by Crippen LogP contribution is 2.48. The number of nitrogens with two attached hydrogens (primary N) is 1. The number of likely N-dealkylation sites (N-methyl/N-ethyl adjacent to an activating group) is 1. The maximum absolute atomic E-state index is 13.2. The number of piperidine rings is 1. The van der Waals surface area contributed by atoms with E-state index in [1.54, 1.807) is 6.08 Å². The molecule has 1 saturated carbocycles. The van der Waals surface area contributed by atoms with Crippen molar-refractivity contribution < 1.29 is 34.0 Å². The van der Waals surface area contributed by atoms with Crippen LogP contribution in [0.5, 0.6) is 0 Å². The lowest BCUT2D eigenvalue weighted by Gasteiger charge is -2.54. The van der Waals surface area contributed by atoms with E-state index in [1.807, 2.05) is 20.8 Å². The Kier molecular flexibility index (Phi) is 10.00. The van der Waals surface area contributed by atoms with Crippen molar-refractivity contribution >= 4 is 11.8 Å². The maximum atomic E-state index is 13.2. The molecule has 1 aliphatic carbocycles. The van der Waals surface area contributed by atoms with E-state index in [9.17, 15) is 19.8 Å². The zero-order chi connectivity index (χ0) is 27.4. The van der Waals surface area contributed by atoms with Crippen molar-refractivity contribution in [3.05, 3.63) is 11.6 Å². The van der Waals surface area contributed by atoms with Crippen LogP contribution in [0, 0.1) is 17.8 Å². The van der Waals surface area contributed by atoms with Gasteiger partial charge in [-0.05, 0) is 65.0 Å². The van der Waals surface area contributed by atoms with Crippen molar-refractivity contribution in [1.82, 2.24) is 10.6 Å². The molecule has 0 aromatic heterocycles. The first kappa shape index (κ1) is 29.6. The van der Waals surface area contributed by atoms with Crippen molar-refractivity contribution in [2.45, 2.75) is 108 Å². The Balaban J connectivity index is 1.53. The number of hydrogen-bond donors (Lipinski definition) is 5. The van der Waals surface area contributed by atoms with Crippen LogP contribution in [-0.2, 0) is 23.8 Å². The smallest absolute Gasteiger partial charge is 0.335 e. The second kappa shape index (κ2) is 12.8. The zero-order valence-corrected chi connectivity index (χ0v) is 23.1. The molecule has 4 rings (SSSR count). The van der Waals surface area contributed by atoms with Crippen LogP contribution in [0.15, 0.2) is 11.6 Å². The summed E-state index contributed by atoms with van der Waals surface area (Å²) < 4.78 is 18.9. The van der Waals surface area contributed by atoms with Gasteiger partial charge in [-0.1, -0.05) is 13.0 Å². The molecule has 6 N–H and O–H groups in total. The number of allylic oxidation sites excluding steroid dienone is 1. The number of ether oxygens (including phenoxy) is 3. The van der Waals surface area contributed by atoms with Gasteiger partial charge in [0.05, 0.1) is 43.1 Å². The van der Waals surface area contributed by atoms with E-state index in [0.717, 1.165) is 32.4 Å². The minimum absolute atomic E-state index is 0.0378. The fourth-order valence-corrected chi connectivity index (χ4v) is 6.73. The lowest BCUT2D eigenvalue weighted by atomic mass is 9.66. The number of aliphatic hydroxyl groups excluding tert-OH is 2. The van der Waals surface area contributed by atoms with Gasteiger partial charge in [0.15, 0.2) is 0 Å². The molecule has 216 valence electrons. The minimum atomic E-state index is -0.955. The molecular weight excluding hydrogens is 490 g/mol. The summed E-state index contributed by atoms with van der Waals surface area (Å²) in [6.07, 6.45) is 3.43.